The SMILES string of the molecule is C=C[C@H]1C[C@]1(NC(=O)[C@@H]1C[C@@H](Oc2nc(-c3cccnc3)cc3cc(OC)ccc23)CN1C(=O)[C@@H](NC(=O)OC(C)(C)C)C(C)(C)C)C(=O)NS(=O)(=O)C1CC1. The van der Waals surface area contributed by atoms with Gasteiger partial charge in [-0.2, -0.15) is 0 Å². The first-order chi connectivity index (χ1) is 26.2. The van der Waals surface area contributed by atoms with Crippen molar-refractivity contribution < 1.29 is 41.8 Å². The van der Waals surface area contributed by atoms with Gasteiger partial charge < -0.3 is 29.7 Å². The number of carbonyl (C=O) groups excluding carboxylic acids is 4. The van der Waals surface area contributed by atoms with Crippen LogP contribution in [0.3, 0.4) is 0 Å². The highest BCUT2D eigenvalue weighted by molar-refractivity contribution is 7.91. The Morgan fingerprint density at radius 3 is 2.39 bits per heavy atom. The monoisotopic (exact) mass is 790 g/mol. The molecule has 3 N–H and O–H groups in total. The molecule has 1 saturated heterocycles. The summed E-state index contributed by atoms with van der Waals surface area (Å²) in [5.74, 6) is -1.80. The van der Waals surface area contributed by atoms with Crippen LogP contribution in [0.4, 0.5) is 4.79 Å². The number of alkyl carbamates (subject to hydrolysis) is 1. The number of methoxy groups -OCH3 is 1. The van der Waals surface area contributed by atoms with Crippen molar-refractivity contribution in [2.75, 3.05) is 13.7 Å². The van der Waals surface area contributed by atoms with E-state index in [0.29, 0.717) is 29.7 Å². The minimum absolute atomic E-state index is 0.0197. The predicted molar refractivity (Wildman–Crippen MR) is 208 cm³/mol. The van der Waals surface area contributed by atoms with Crippen molar-refractivity contribution in [3.8, 4) is 22.9 Å². The number of benzene rings is 1. The third-order valence-corrected chi connectivity index (χ3v) is 11.9. The maximum Gasteiger partial charge on any atom is 0.408 e. The Bertz CT molecular complexity index is 2150. The molecule has 56 heavy (non-hydrogen) atoms. The number of aromatic nitrogens is 2. The Morgan fingerprint density at radius 1 is 1.07 bits per heavy atom. The van der Waals surface area contributed by atoms with E-state index in [1.54, 1.807) is 73.2 Å². The van der Waals surface area contributed by atoms with Crippen molar-refractivity contribution in [3.63, 3.8) is 0 Å². The zero-order valence-corrected chi connectivity index (χ0v) is 33.6. The maximum absolute atomic E-state index is 14.6. The average Bonchev–Trinajstić information content (AvgIpc) is 4.06. The van der Waals surface area contributed by atoms with Crippen LogP contribution in [-0.2, 0) is 29.1 Å². The number of rotatable bonds is 12. The van der Waals surface area contributed by atoms with Gasteiger partial charge in [-0.3, -0.25) is 24.1 Å². The summed E-state index contributed by atoms with van der Waals surface area (Å²) in [7, 11) is -2.35. The van der Waals surface area contributed by atoms with Gasteiger partial charge in [0.05, 0.1) is 24.6 Å². The number of ether oxygens (including phenoxy) is 3. The van der Waals surface area contributed by atoms with E-state index < -0.39 is 79.7 Å². The molecule has 2 aromatic heterocycles. The number of pyridine rings is 2. The van der Waals surface area contributed by atoms with Gasteiger partial charge in [-0.15, -0.1) is 6.58 Å². The second kappa shape index (κ2) is 15.0. The third-order valence-electron chi connectivity index (χ3n) is 10.1. The van der Waals surface area contributed by atoms with Crippen LogP contribution in [0, 0.1) is 11.3 Å². The second-order valence-corrected chi connectivity index (χ2v) is 18.7. The van der Waals surface area contributed by atoms with Crippen molar-refractivity contribution in [3.05, 3.63) is 61.4 Å². The lowest BCUT2D eigenvalue weighted by Crippen LogP contribution is -2.60. The largest absolute Gasteiger partial charge is 0.497 e. The molecule has 0 radical (unpaired) electrons. The van der Waals surface area contributed by atoms with Crippen LogP contribution in [0.15, 0.2) is 61.4 Å². The van der Waals surface area contributed by atoms with E-state index in [9.17, 15) is 27.6 Å². The molecule has 16 heteroatoms. The molecule has 0 spiro atoms. The first-order valence-electron chi connectivity index (χ1n) is 18.6. The van der Waals surface area contributed by atoms with Gasteiger partial charge in [-0.25, -0.2) is 18.2 Å². The van der Waals surface area contributed by atoms with Gasteiger partial charge in [0.15, 0.2) is 0 Å². The van der Waals surface area contributed by atoms with E-state index in [1.165, 1.54) is 11.0 Å². The van der Waals surface area contributed by atoms with Crippen molar-refractivity contribution in [1.29, 1.82) is 0 Å². The zero-order chi connectivity index (χ0) is 40.8. The van der Waals surface area contributed by atoms with Gasteiger partial charge in [0.1, 0.15) is 35.1 Å². The first kappa shape index (κ1) is 40.4. The second-order valence-electron chi connectivity index (χ2n) is 16.8. The van der Waals surface area contributed by atoms with Gasteiger partial charge in [0.2, 0.25) is 27.7 Å². The highest BCUT2D eigenvalue weighted by Gasteiger charge is 2.62. The molecule has 3 heterocycles. The van der Waals surface area contributed by atoms with Crippen LogP contribution in [0.25, 0.3) is 22.0 Å². The molecule has 0 bridgehead atoms. The summed E-state index contributed by atoms with van der Waals surface area (Å²) in [6, 6.07) is 8.64. The molecular weight excluding hydrogens is 741 g/mol. The van der Waals surface area contributed by atoms with E-state index in [1.807, 2.05) is 24.3 Å². The smallest absolute Gasteiger partial charge is 0.408 e. The highest BCUT2D eigenvalue weighted by Crippen LogP contribution is 2.46. The summed E-state index contributed by atoms with van der Waals surface area (Å²) in [6.45, 7) is 14.1. The predicted octanol–water partition coefficient (Wildman–Crippen LogP) is 4.26. The van der Waals surface area contributed by atoms with E-state index in [2.05, 4.69) is 26.9 Å². The Balaban J connectivity index is 1.34. The highest BCUT2D eigenvalue weighted by atomic mass is 32.2. The minimum Gasteiger partial charge on any atom is -0.497 e. The lowest BCUT2D eigenvalue weighted by Gasteiger charge is -2.36. The van der Waals surface area contributed by atoms with Gasteiger partial charge in [0.25, 0.3) is 5.91 Å². The Kier molecular flexibility index (Phi) is 10.8. The summed E-state index contributed by atoms with van der Waals surface area (Å²) in [6.07, 6.45) is 4.23. The maximum atomic E-state index is 14.6. The summed E-state index contributed by atoms with van der Waals surface area (Å²) >= 11 is 0. The molecule has 6 rings (SSSR count). The van der Waals surface area contributed by atoms with Crippen LogP contribution in [0.1, 0.15) is 67.2 Å². The number of hydrogen-bond donors (Lipinski definition) is 3. The van der Waals surface area contributed by atoms with Gasteiger partial charge in [0, 0.05) is 35.7 Å². The summed E-state index contributed by atoms with van der Waals surface area (Å²) in [5, 5.41) is 6.28. The normalized spacial score (nSPS) is 22.8. The number of nitrogens with one attached hydrogen (secondary N) is 3. The van der Waals surface area contributed by atoms with E-state index in [4.69, 9.17) is 19.2 Å². The van der Waals surface area contributed by atoms with Crippen molar-refractivity contribution in [2.45, 2.75) is 102 Å². The van der Waals surface area contributed by atoms with Crippen molar-refractivity contribution in [1.82, 2.24) is 30.2 Å². The lowest BCUT2D eigenvalue weighted by molar-refractivity contribution is -0.143. The van der Waals surface area contributed by atoms with Crippen molar-refractivity contribution in [2.24, 2.45) is 11.3 Å². The molecule has 4 amide bonds. The fourth-order valence-electron chi connectivity index (χ4n) is 6.88. The summed E-state index contributed by atoms with van der Waals surface area (Å²) in [5.41, 5.74) is -1.96. The standard InChI is InChI=1S/C40H50N6O9S/c1-9-25-20-40(25,36(49)45-56(51,52)28-13-14-28)44-33(47)31-19-27(22-46(31)35(48)32(38(2,3)4)43-37(50)55-39(5,6)7)54-34-29-15-12-26(53-8)17-24(29)18-30(42-34)23-11-10-16-41-21-23/h9-12,15-18,21,25,27-28,31-32H,1,13-14,19-20,22H2,2-8H3,(H,43,50)(H,44,47)(H,45,49)/t25-,27+,31-,32+,40+/m0/s1. The van der Waals surface area contributed by atoms with Gasteiger partial charge in [-0.05, 0) is 87.2 Å². The first-order valence-corrected chi connectivity index (χ1v) is 20.2. The molecular formula is C40H50N6O9S. The fourth-order valence-corrected chi connectivity index (χ4v) is 8.24. The van der Waals surface area contributed by atoms with Crippen LogP contribution in [0.2, 0.25) is 0 Å². The van der Waals surface area contributed by atoms with Gasteiger partial charge in [-0.1, -0.05) is 26.8 Å². The minimum atomic E-state index is -3.92. The molecule has 3 aromatic rings. The molecule has 300 valence electrons. The fraction of sp³-hybridized carbons (Fsp3) is 0.500. The number of sulfonamides is 1. The quantitative estimate of drug-likeness (QED) is 0.222. The zero-order valence-electron chi connectivity index (χ0n) is 32.7. The van der Waals surface area contributed by atoms with E-state index in [-0.39, 0.29) is 25.3 Å². The number of hydrogen-bond acceptors (Lipinski definition) is 11. The molecule has 15 nitrogen and oxygen atoms in total. The van der Waals surface area contributed by atoms with Crippen LogP contribution in [-0.4, -0.2) is 95.3 Å². The van der Waals surface area contributed by atoms with E-state index >= 15 is 0 Å². The van der Waals surface area contributed by atoms with Crippen LogP contribution >= 0.6 is 0 Å². The Morgan fingerprint density at radius 2 is 1.80 bits per heavy atom. The molecule has 2 saturated carbocycles. The van der Waals surface area contributed by atoms with E-state index in [0.717, 1.165) is 10.9 Å². The number of carbonyl (C=O) groups is 4. The number of nitrogens with zero attached hydrogens (tertiary/aromatic N) is 3. The van der Waals surface area contributed by atoms with Crippen molar-refractivity contribution >= 4 is 44.6 Å². The van der Waals surface area contributed by atoms with Crippen LogP contribution < -0.4 is 24.8 Å². The third kappa shape index (κ3) is 8.74. The van der Waals surface area contributed by atoms with Crippen LogP contribution in [0.5, 0.6) is 11.6 Å². The average molecular weight is 791 g/mol. The number of fused-ring (bicyclic) bond motifs is 1. The topological polar surface area (TPSA) is 195 Å². The molecule has 3 aliphatic rings. The molecule has 1 aliphatic heterocycles. The van der Waals surface area contributed by atoms with Gasteiger partial charge >= 0.3 is 6.09 Å². The molecule has 1 aromatic carbocycles. The molecule has 2 aliphatic carbocycles. The number of likely N-dealkylation sites (tertiary alicyclic amines) is 1. The Labute approximate surface area is 327 Å². The number of amides is 4. The molecule has 5 atom stereocenters. The molecule has 0 unspecified atom stereocenters. The summed E-state index contributed by atoms with van der Waals surface area (Å²) in [4.78, 5) is 66.1. The lowest BCUT2D eigenvalue weighted by atomic mass is 9.85. The Hall–Kier alpha value is -5.25. The summed E-state index contributed by atoms with van der Waals surface area (Å²) < 4.78 is 45.2. The molecule has 3 fully saturated rings.